The number of benzene rings is 1. The van der Waals surface area contributed by atoms with Crippen molar-refractivity contribution in [2.75, 3.05) is 5.32 Å². The molecule has 3 heteroatoms. The summed E-state index contributed by atoms with van der Waals surface area (Å²) in [6.45, 7) is 8.58. The van der Waals surface area contributed by atoms with Crippen molar-refractivity contribution in [2.24, 2.45) is 0 Å². The van der Waals surface area contributed by atoms with Crippen molar-refractivity contribution in [3.8, 4) is 0 Å². The van der Waals surface area contributed by atoms with Crippen LogP contribution in [0.4, 0.5) is 5.69 Å². The van der Waals surface area contributed by atoms with Gasteiger partial charge in [0, 0.05) is 11.1 Å². The molecule has 0 spiro atoms. The molecular formula is C14H18N2S. The van der Waals surface area contributed by atoms with E-state index in [4.69, 9.17) is 0 Å². The minimum atomic E-state index is 0.251. The molecule has 1 aromatic heterocycles. The highest BCUT2D eigenvalue weighted by Crippen LogP contribution is 2.26. The maximum atomic E-state index is 4.35. The predicted octanol–water partition coefficient (Wildman–Crippen LogP) is 4.24. The molecule has 1 N–H and O–H groups in total. The van der Waals surface area contributed by atoms with Gasteiger partial charge in [0.1, 0.15) is 0 Å². The molecule has 2 nitrogen and oxygen atoms in total. The number of thiazole rings is 1. The van der Waals surface area contributed by atoms with Crippen molar-refractivity contribution < 1.29 is 0 Å². The van der Waals surface area contributed by atoms with Crippen LogP contribution in [0.1, 0.15) is 35.3 Å². The second-order valence-corrected chi connectivity index (χ2v) is 5.27. The third-order valence-electron chi connectivity index (χ3n) is 2.93. The van der Waals surface area contributed by atoms with Gasteiger partial charge < -0.3 is 5.32 Å². The van der Waals surface area contributed by atoms with Crippen LogP contribution >= 0.6 is 11.3 Å². The summed E-state index contributed by atoms with van der Waals surface area (Å²) >= 11 is 1.64. The van der Waals surface area contributed by atoms with Crippen LogP contribution in [-0.2, 0) is 0 Å². The summed E-state index contributed by atoms with van der Waals surface area (Å²) in [6.07, 6.45) is 0. The molecule has 0 aliphatic carbocycles. The molecule has 0 fully saturated rings. The first-order chi connectivity index (χ1) is 8.08. The van der Waals surface area contributed by atoms with E-state index in [1.54, 1.807) is 11.3 Å². The van der Waals surface area contributed by atoms with Crippen LogP contribution < -0.4 is 5.32 Å². The van der Waals surface area contributed by atoms with Gasteiger partial charge in [-0.15, -0.1) is 11.3 Å². The zero-order valence-corrected chi connectivity index (χ0v) is 11.6. The SMILES string of the molecule is Cc1cc(C)c(NC(C)c2cscn2)c(C)c1. The Labute approximate surface area is 107 Å². The third kappa shape index (κ3) is 2.67. The van der Waals surface area contributed by atoms with E-state index in [0.717, 1.165) is 5.69 Å². The summed E-state index contributed by atoms with van der Waals surface area (Å²) < 4.78 is 0. The van der Waals surface area contributed by atoms with Gasteiger partial charge >= 0.3 is 0 Å². The van der Waals surface area contributed by atoms with Gasteiger partial charge in [-0.2, -0.15) is 0 Å². The Hall–Kier alpha value is -1.35. The van der Waals surface area contributed by atoms with Crippen molar-refractivity contribution in [1.82, 2.24) is 4.98 Å². The first kappa shape index (κ1) is 12.1. The van der Waals surface area contributed by atoms with Gasteiger partial charge in [0.2, 0.25) is 0 Å². The number of hydrogen-bond acceptors (Lipinski definition) is 3. The van der Waals surface area contributed by atoms with Crippen LogP contribution in [0.25, 0.3) is 0 Å². The van der Waals surface area contributed by atoms with Crippen molar-refractivity contribution in [3.63, 3.8) is 0 Å². The summed E-state index contributed by atoms with van der Waals surface area (Å²) in [5.74, 6) is 0. The Bertz CT molecular complexity index is 480. The lowest BCUT2D eigenvalue weighted by Crippen LogP contribution is -2.09. The molecule has 1 atom stereocenters. The van der Waals surface area contributed by atoms with E-state index in [0.29, 0.717) is 0 Å². The van der Waals surface area contributed by atoms with Gasteiger partial charge in [0.25, 0.3) is 0 Å². The van der Waals surface area contributed by atoms with Crippen LogP contribution in [0.5, 0.6) is 0 Å². The van der Waals surface area contributed by atoms with Crippen molar-refractivity contribution in [1.29, 1.82) is 0 Å². The molecule has 0 aliphatic rings. The van der Waals surface area contributed by atoms with Gasteiger partial charge in [-0.1, -0.05) is 17.7 Å². The minimum Gasteiger partial charge on any atom is -0.376 e. The van der Waals surface area contributed by atoms with Crippen LogP contribution in [0.2, 0.25) is 0 Å². The number of aromatic nitrogens is 1. The standard InChI is InChI=1S/C14H18N2S/c1-9-5-10(2)14(11(3)6-9)16-12(4)13-7-17-8-15-13/h5-8,12,16H,1-4H3. The Morgan fingerprint density at radius 3 is 2.35 bits per heavy atom. The van der Waals surface area contributed by atoms with E-state index in [1.807, 2.05) is 5.51 Å². The fourth-order valence-corrected chi connectivity index (χ4v) is 2.78. The van der Waals surface area contributed by atoms with E-state index >= 15 is 0 Å². The number of nitrogens with zero attached hydrogens (tertiary/aromatic N) is 1. The quantitative estimate of drug-likeness (QED) is 0.876. The van der Waals surface area contributed by atoms with Crippen molar-refractivity contribution in [3.05, 3.63) is 45.4 Å². The first-order valence-corrected chi connectivity index (χ1v) is 6.74. The molecule has 0 aliphatic heterocycles. The molecule has 2 aromatic rings. The molecule has 1 aromatic carbocycles. The molecule has 0 saturated heterocycles. The van der Waals surface area contributed by atoms with E-state index in [1.165, 1.54) is 22.4 Å². The highest BCUT2D eigenvalue weighted by atomic mass is 32.1. The summed E-state index contributed by atoms with van der Waals surface area (Å²) in [5, 5.41) is 5.65. The van der Waals surface area contributed by atoms with Gasteiger partial charge in [-0.3, -0.25) is 0 Å². The Balaban J connectivity index is 2.25. The average Bonchev–Trinajstić information content (AvgIpc) is 2.76. The smallest absolute Gasteiger partial charge is 0.0795 e. The summed E-state index contributed by atoms with van der Waals surface area (Å²) in [6, 6.07) is 4.67. The van der Waals surface area contributed by atoms with Crippen LogP contribution in [0.15, 0.2) is 23.0 Å². The zero-order chi connectivity index (χ0) is 12.4. The Kier molecular flexibility index (Phi) is 3.48. The molecule has 1 heterocycles. The maximum absolute atomic E-state index is 4.35. The monoisotopic (exact) mass is 246 g/mol. The highest BCUT2D eigenvalue weighted by molar-refractivity contribution is 7.07. The number of anilines is 1. The number of aryl methyl sites for hydroxylation is 3. The molecule has 0 saturated carbocycles. The predicted molar refractivity (Wildman–Crippen MR) is 74.8 cm³/mol. The number of nitrogens with one attached hydrogen (secondary N) is 1. The van der Waals surface area contributed by atoms with Crippen LogP contribution in [-0.4, -0.2) is 4.98 Å². The Morgan fingerprint density at radius 2 is 1.82 bits per heavy atom. The molecule has 17 heavy (non-hydrogen) atoms. The minimum absolute atomic E-state index is 0.251. The first-order valence-electron chi connectivity index (χ1n) is 5.80. The van der Waals surface area contributed by atoms with Crippen LogP contribution in [0.3, 0.4) is 0 Å². The average molecular weight is 246 g/mol. The fraction of sp³-hybridized carbons (Fsp3) is 0.357. The van der Waals surface area contributed by atoms with E-state index in [9.17, 15) is 0 Å². The fourth-order valence-electron chi connectivity index (χ4n) is 2.13. The summed E-state index contributed by atoms with van der Waals surface area (Å²) in [4.78, 5) is 4.35. The zero-order valence-electron chi connectivity index (χ0n) is 10.7. The second kappa shape index (κ2) is 4.88. The number of rotatable bonds is 3. The van der Waals surface area contributed by atoms with E-state index in [2.05, 4.69) is 55.5 Å². The third-order valence-corrected chi connectivity index (χ3v) is 3.54. The van der Waals surface area contributed by atoms with E-state index in [-0.39, 0.29) is 6.04 Å². The Morgan fingerprint density at radius 1 is 1.18 bits per heavy atom. The lowest BCUT2D eigenvalue weighted by molar-refractivity contribution is 0.846. The topological polar surface area (TPSA) is 24.9 Å². The molecule has 0 amide bonds. The molecule has 2 rings (SSSR count). The van der Waals surface area contributed by atoms with Gasteiger partial charge in [0.05, 0.1) is 17.2 Å². The van der Waals surface area contributed by atoms with Crippen LogP contribution in [0, 0.1) is 20.8 Å². The largest absolute Gasteiger partial charge is 0.376 e. The lowest BCUT2D eigenvalue weighted by atomic mass is 10.0. The summed E-state index contributed by atoms with van der Waals surface area (Å²) in [7, 11) is 0. The van der Waals surface area contributed by atoms with E-state index < -0.39 is 0 Å². The highest BCUT2D eigenvalue weighted by Gasteiger charge is 2.10. The lowest BCUT2D eigenvalue weighted by Gasteiger charge is -2.18. The normalized spacial score (nSPS) is 12.5. The molecular weight excluding hydrogens is 228 g/mol. The maximum Gasteiger partial charge on any atom is 0.0795 e. The molecule has 0 bridgehead atoms. The summed E-state index contributed by atoms with van der Waals surface area (Å²) in [5.41, 5.74) is 8.12. The van der Waals surface area contributed by atoms with Crippen molar-refractivity contribution in [2.45, 2.75) is 33.7 Å². The van der Waals surface area contributed by atoms with Gasteiger partial charge in [-0.05, 0) is 38.8 Å². The molecule has 0 radical (unpaired) electrons. The van der Waals surface area contributed by atoms with Gasteiger partial charge in [-0.25, -0.2) is 4.98 Å². The molecule has 90 valence electrons. The molecule has 1 unspecified atom stereocenters. The second-order valence-electron chi connectivity index (χ2n) is 4.55. The number of hydrogen-bond donors (Lipinski definition) is 1. The van der Waals surface area contributed by atoms with Gasteiger partial charge in [0.15, 0.2) is 0 Å². The van der Waals surface area contributed by atoms with Crippen molar-refractivity contribution >= 4 is 17.0 Å².